The number of nitrogens with one attached hydrogen (secondary N) is 2. The molecule has 0 unspecified atom stereocenters. The first-order valence-corrected chi connectivity index (χ1v) is 10.8. The van der Waals surface area contributed by atoms with Gasteiger partial charge in [0, 0.05) is 30.3 Å². The predicted octanol–water partition coefficient (Wildman–Crippen LogP) is 4.19. The number of hydrogen-bond acceptors (Lipinski definition) is 7. The third kappa shape index (κ3) is 4.43. The van der Waals surface area contributed by atoms with Crippen molar-refractivity contribution in [2.45, 2.75) is 51.8 Å². The van der Waals surface area contributed by atoms with Crippen molar-refractivity contribution in [2.75, 3.05) is 19.0 Å². The number of aliphatic hydroxyl groups is 1. The minimum absolute atomic E-state index is 0.0559. The molecule has 0 aliphatic heterocycles. The lowest BCUT2D eigenvalue weighted by atomic mass is 10.0. The van der Waals surface area contributed by atoms with Gasteiger partial charge in [-0.15, -0.1) is 0 Å². The zero-order chi connectivity index (χ0) is 22.0. The maximum Gasteiger partial charge on any atom is 0.258 e. The van der Waals surface area contributed by atoms with Crippen LogP contribution >= 0.6 is 0 Å². The van der Waals surface area contributed by atoms with Crippen LogP contribution in [0.15, 0.2) is 40.9 Å². The highest BCUT2D eigenvalue weighted by Gasteiger charge is 2.27. The summed E-state index contributed by atoms with van der Waals surface area (Å²) in [6, 6.07) is 12.3. The highest BCUT2D eigenvalue weighted by Crippen LogP contribution is 2.38. The third-order valence-electron chi connectivity index (χ3n) is 5.56. The molecule has 164 valence electrons. The lowest BCUT2D eigenvalue weighted by molar-refractivity contribution is 0.240. The van der Waals surface area contributed by atoms with E-state index >= 15 is 0 Å². The van der Waals surface area contributed by atoms with Crippen LogP contribution in [-0.4, -0.2) is 41.0 Å². The van der Waals surface area contributed by atoms with Crippen molar-refractivity contribution in [1.29, 1.82) is 0 Å². The first kappa shape index (κ1) is 21.3. The van der Waals surface area contributed by atoms with Crippen molar-refractivity contribution in [3.05, 3.63) is 47.5 Å². The van der Waals surface area contributed by atoms with Gasteiger partial charge < -0.3 is 25.0 Å². The third-order valence-corrected chi connectivity index (χ3v) is 5.56. The van der Waals surface area contributed by atoms with Gasteiger partial charge in [0.2, 0.25) is 5.82 Å². The number of nitrogens with zero attached hydrogens (tertiary/aromatic N) is 2. The molecule has 7 heteroatoms. The molecule has 0 spiro atoms. The Labute approximate surface area is 182 Å². The summed E-state index contributed by atoms with van der Waals surface area (Å²) in [7, 11) is 1.86. The molecule has 3 N–H and O–H groups in total. The fraction of sp³-hybridized carbons (Fsp3) is 0.417. The average molecular weight is 423 g/mol. The van der Waals surface area contributed by atoms with E-state index in [2.05, 4.69) is 26.8 Å². The first-order valence-electron chi connectivity index (χ1n) is 10.8. The topological polar surface area (TPSA) is 92.4 Å². The van der Waals surface area contributed by atoms with E-state index in [1.54, 1.807) is 0 Å². The standard InChI is InChI=1S/C24H30N4O3/c1-14(2)30-22-11-8-16(12-21(22)25-4)24-27-23(28-31-24)19-7-5-6-18-17(19)9-10-20(18)26-15(3)13-29/h5-8,11-12,14-15,20,25-26,29H,9-10,13H2,1-4H3/t15-,20+/m1/s1. The zero-order valence-corrected chi connectivity index (χ0v) is 18.5. The Morgan fingerprint density at radius 1 is 1.23 bits per heavy atom. The molecule has 0 bridgehead atoms. The van der Waals surface area contributed by atoms with Crippen molar-refractivity contribution in [3.8, 4) is 28.6 Å². The van der Waals surface area contributed by atoms with Gasteiger partial charge in [0.05, 0.1) is 18.4 Å². The summed E-state index contributed by atoms with van der Waals surface area (Å²) in [5.74, 6) is 1.86. The molecule has 2 atom stereocenters. The van der Waals surface area contributed by atoms with Crippen LogP contribution in [0, 0.1) is 0 Å². The van der Waals surface area contributed by atoms with E-state index in [-0.39, 0.29) is 24.8 Å². The smallest absolute Gasteiger partial charge is 0.258 e. The Bertz CT molecular complexity index is 1050. The van der Waals surface area contributed by atoms with Crippen molar-refractivity contribution < 1.29 is 14.4 Å². The van der Waals surface area contributed by atoms with Gasteiger partial charge in [-0.2, -0.15) is 4.98 Å². The number of benzene rings is 2. The van der Waals surface area contributed by atoms with Gasteiger partial charge in [-0.3, -0.25) is 0 Å². The van der Waals surface area contributed by atoms with Gasteiger partial charge in [0.25, 0.3) is 5.89 Å². The normalized spacial score (nSPS) is 16.4. The largest absolute Gasteiger partial charge is 0.489 e. The van der Waals surface area contributed by atoms with Crippen LogP contribution in [0.1, 0.15) is 44.4 Å². The monoisotopic (exact) mass is 422 g/mol. The Morgan fingerprint density at radius 2 is 2.06 bits per heavy atom. The summed E-state index contributed by atoms with van der Waals surface area (Å²) >= 11 is 0. The number of aromatic nitrogens is 2. The predicted molar refractivity (Wildman–Crippen MR) is 121 cm³/mol. The number of ether oxygens (including phenoxy) is 1. The van der Waals surface area contributed by atoms with Crippen LogP contribution in [0.25, 0.3) is 22.8 Å². The molecule has 0 saturated carbocycles. The van der Waals surface area contributed by atoms with Gasteiger partial charge in [-0.25, -0.2) is 0 Å². The minimum Gasteiger partial charge on any atom is -0.489 e. The zero-order valence-electron chi connectivity index (χ0n) is 18.5. The average Bonchev–Trinajstić information content (AvgIpc) is 3.41. The molecule has 1 aliphatic carbocycles. The van der Waals surface area contributed by atoms with E-state index in [1.165, 1.54) is 11.1 Å². The van der Waals surface area contributed by atoms with Crippen molar-refractivity contribution in [3.63, 3.8) is 0 Å². The van der Waals surface area contributed by atoms with Crippen LogP contribution < -0.4 is 15.4 Å². The molecule has 7 nitrogen and oxygen atoms in total. The lowest BCUT2D eigenvalue weighted by Gasteiger charge is -2.18. The highest BCUT2D eigenvalue weighted by molar-refractivity contribution is 5.70. The molecule has 0 radical (unpaired) electrons. The SMILES string of the molecule is CNc1cc(-c2nc(-c3cccc4c3CC[C@@H]4N[C@H](C)CO)no2)ccc1OC(C)C. The Hall–Kier alpha value is -2.90. The van der Waals surface area contributed by atoms with Crippen LogP contribution in [-0.2, 0) is 6.42 Å². The first-order chi connectivity index (χ1) is 15.0. The summed E-state index contributed by atoms with van der Waals surface area (Å²) in [4.78, 5) is 4.69. The number of anilines is 1. The molecule has 1 heterocycles. The van der Waals surface area contributed by atoms with E-state index in [1.807, 2.05) is 58.2 Å². The maximum atomic E-state index is 9.38. The van der Waals surface area contributed by atoms with Crippen LogP contribution in [0.3, 0.4) is 0 Å². The van der Waals surface area contributed by atoms with Crippen molar-refractivity contribution in [1.82, 2.24) is 15.5 Å². The molecule has 2 aromatic carbocycles. The quantitative estimate of drug-likeness (QED) is 0.501. The van der Waals surface area contributed by atoms with Crippen molar-refractivity contribution in [2.24, 2.45) is 0 Å². The van der Waals surface area contributed by atoms with Gasteiger partial charge in [0.1, 0.15) is 5.75 Å². The summed E-state index contributed by atoms with van der Waals surface area (Å²) in [5.41, 5.74) is 5.20. The second kappa shape index (κ2) is 9.08. The highest BCUT2D eigenvalue weighted by atomic mass is 16.5. The molecule has 31 heavy (non-hydrogen) atoms. The Kier molecular flexibility index (Phi) is 6.25. The van der Waals surface area contributed by atoms with Gasteiger partial charge in [0.15, 0.2) is 0 Å². The van der Waals surface area contributed by atoms with E-state index in [9.17, 15) is 5.11 Å². The van der Waals surface area contributed by atoms with Gasteiger partial charge in [-0.1, -0.05) is 23.4 Å². The number of rotatable bonds is 8. The summed E-state index contributed by atoms with van der Waals surface area (Å²) in [5, 5.41) is 20.3. The summed E-state index contributed by atoms with van der Waals surface area (Å²) in [6.45, 7) is 6.11. The van der Waals surface area contributed by atoms with Crippen LogP contribution in [0.4, 0.5) is 5.69 Å². The Balaban J connectivity index is 1.62. The molecule has 0 saturated heterocycles. The summed E-state index contributed by atoms with van der Waals surface area (Å²) in [6.07, 6.45) is 2.02. The molecule has 0 fully saturated rings. The fourth-order valence-electron chi connectivity index (χ4n) is 4.10. The molecular weight excluding hydrogens is 392 g/mol. The summed E-state index contributed by atoms with van der Waals surface area (Å²) < 4.78 is 11.5. The molecule has 4 rings (SSSR count). The van der Waals surface area contributed by atoms with Crippen molar-refractivity contribution >= 4 is 5.69 Å². The molecule has 1 aromatic heterocycles. The van der Waals surface area contributed by atoms with E-state index in [4.69, 9.17) is 9.26 Å². The number of fused-ring (bicyclic) bond motifs is 1. The van der Waals surface area contributed by atoms with Crippen LogP contribution in [0.5, 0.6) is 5.75 Å². The molecular formula is C24H30N4O3. The van der Waals surface area contributed by atoms with E-state index in [0.717, 1.165) is 35.4 Å². The van der Waals surface area contributed by atoms with Gasteiger partial charge >= 0.3 is 0 Å². The fourth-order valence-corrected chi connectivity index (χ4v) is 4.10. The lowest BCUT2D eigenvalue weighted by Crippen LogP contribution is -2.32. The van der Waals surface area contributed by atoms with Gasteiger partial charge in [-0.05, 0) is 62.9 Å². The number of hydrogen-bond donors (Lipinski definition) is 3. The van der Waals surface area contributed by atoms with Crippen LogP contribution in [0.2, 0.25) is 0 Å². The van der Waals surface area contributed by atoms with E-state index in [0.29, 0.717) is 11.7 Å². The number of aliphatic hydroxyl groups excluding tert-OH is 1. The maximum absolute atomic E-state index is 9.38. The second-order valence-electron chi connectivity index (χ2n) is 8.27. The molecule has 0 amide bonds. The molecule has 1 aliphatic rings. The van der Waals surface area contributed by atoms with E-state index < -0.39 is 0 Å². The second-order valence-corrected chi connectivity index (χ2v) is 8.27. The Morgan fingerprint density at radius 3 is 2.81 bits per heavy atom. The minimum atomic E-state index is 0.0559. The molecule has 3 aromatic rings.